The molecular weight excluding hydrogens is 300 g/mol. The monoisotopic (exact) mass is 326 g/mol. The maximum Gasteiger partial charge on any atom is 0.222 e. The molecule has 5 heteroatoms. The first-order valence-electron chi connectivity index (χ1n) is 8.76. The van der Waals surface area contributed by atoms with Crippen LogP contribution in [0.25, 0.3) is 0 Å². The Balaban J connectivity index is 1.54. The molecule has 0 radical (unpaired) electrons. The van der Waals surface area contributed by atoms with Gasteiger partial charge >= 0.3 is 0 Å². The SMILES string of the molecule is C=CCNC(=NCc1ccc(CN2CCCC2=O)cc1)NC1CC1. The normalized spacial score (nSPS) is 17.9. The van der Waals surface area contributed by atoms with Crippen LogP contribution in [0.3, 0.4) is 0 Å². The smallest absolute Gasteiger partial charge is 0.222 e. The van der Waals surface area contributed by atoms with Crippen molar-refractivity contribution in [3.8, 4) is 0 Å². The van der Waals surface area contributed by atoms with Gasteiger partial charge in [0.2, 0.25) is 5.91 Å². The quantitative estimate of drug-likeness (QED) is 0.459. The van der Waals surface area contributed by atoms with Crippen LogP contribution < -0.4 is 10.6 Å². The van der Waals surface area contributed by atoms with E-state index in [4.69, 9.17) is 0 Å². The van der Waals surface area contributed by atoms with E-state index < -0.39 is 0 Å². The van der Waals surface area contributed by atoms with Gasteiger partial charge in [-0.05, 0) is 30.4 Å². The molecule has 2 fully saturated rings. The molecule has 0 spiro atoms. The topological polar surface area (TPSA) is 56.7 Å². The summed E-state index contributed by atoms with van der Waals surface area (Å²) in [6, 6.07) is 8.97. The van der Waals surface area contributed by atoms with Gasteiger partial charge < -0.3 is 15.5 Å². The zero-order valence-corrected chi connectivity index (χ0v) is 14.1. The first-order valence-corrected chi connectivity index (χ1v) is 8.76. The zero-order chi connectivity index (χ0) is 16.8. The highest BCUT2D eigenvalue weighted by Crippen LogP contribution is 2.18. The highest BCUT2D eigenvalue weighted by molar-refractivity contribution is 5.80. The van der Waals surface area contributed by atoms with Crippen LogP contribution in [-0.4, -0.2) is 35.9 Å². The minimum Gasteiger partial charge on any atom is -0.354 e. The zero-order valence-electron chi connectivity index (χ0n) is 14.1. The Labute approximate surface area is 143 Å². The predicted molar refractivity (Wildman–Crippen MR) is 96.6 cm³/mol. The lowest BCUT2D eigenvalue weighted by Gasteiger charge is -2.15. The number of guanidine groups is 1. The molecule has 0 bridgehead atoms. The van der Waals surface area contributed by atoms with Gasteiger partial charge in [-0.3, -0.25) is 4.79 Å². The number of carbonyl (C=O) groups is 1. The number of nitrogens with zero attached hydrogens (tertiary/aromatic N) is 2. The number of carbonyl (C=O) groups excluding carboxylic acids is 1. The van der Waals surface area contributed by atoms with E-state index in [0.29, 0.717) is 25.6 Å². The molecule has 1 amide bonds. The van der Waals surface area contributed by atoms with Crippen LogP contribution in [0, 0.1) is 0 Å². The Morgan fingerprint density at radius 2 is 2.04 bits per heavy atom. The van der Waals surface area contributed by atoms with Gasteiger partial charge in [0.05, 0.1) is 6.54 Å². The third kappa shape index (κ3) is 4.85. The molecule has 2 N–H and O–H groups in total. The highest BCUT2D eigenvalue weighted by atomic mass is 16.2. The van der Waals surface area contributed by atoms with Crippen molar-refractivity contribution in [3.05, 3.63) is 48.0 Å². The Kier molecular flexibility index (Phi) is 5.51. The van der Waals surface area contributed by atoms with Crippen molar-refractivity contribution < 1.29 is 4.79 Å². The second-order valence-electron chi connectivity index (χ2n) is 6.49. The van der Waals surface area contributed by atoms with Gasteiger partial charge in [0.1, 0.15) is 0 Å². The summed E-state index contributed by atoms with van der Waals surface area (Å²) in [5.41, 5.74) is 2.35. The lowest BCUT2D eigenvalue weighted by atomic mass is 10.1. The number of hydrogen-bond acceptors (Lipinski definition) is 2. The average molecular weight is 326 g/mol. The van der Waals surface area contributed by atoms with E-state index >= 15 is 0 Å². The maximum atomic E-state index is 11.7. The molecule has 5 nitrogen and oxygen atoms in total. The van der Waals surface area contributed by atoms with Crippen LogP contribution in [0.4, 0.5) is 0 Å². The Morgan fingerprint density at radius 1 is 1.29 bits per heavy atom. The molecular formula is C19H26N4O. The molecule has 128 valence electrons. The number of benzene rings is 1. The van der Waals surface area contributed by atoms with Crippen molar-refractivity contribution in [2.24, 2.45) is 4.99 Å². The van der Waals surface area contributed by atoms with Crippen LogP contribution in [0.1, 0.15) is 36.8 Å². The third-order valence-corrected chi connectivity index (χ3v) is 4.32. The Hall–Kier alpha value is -2.30. The van der Waals surface area contributed by atoms with E-state index in [2.05, 4.69) is 46.5 Å². The van der Waals surface area contributed by atoms with E-state index in [9.17, 15) is 4.79 Å². The molecule has 0 aromatic heterocycles. The van der Waals surface area contributed by atoms with Crippen LogP contribution in [0.2, 0.25) is 0 Å². The maximum absolute atomic E-state index is 11.7. The molecule has 24 heavy (non-hydrogen) atoms. The van der Waals surface area contributed by atoms with Crippen LogP contribution in [-0.2, 0) is 17.9 Å². The first-order chi connectivity index (χ1) is 11.7. The fourth-order valence-corrected chi connectivity index (χ4v) is 2.75. The molecule has 0 atom stereocenters. The number of likely N-dealkylation sites (tertiary alicyclic amines) is 1. The third-order valence-electron chi connectivity index (χ3n) is 4.32. The fraction of sp³-hybridized carbons (Fsp3) is 0.474. The number of aliphatic imine (C=N–C) groups is 1. The van der Waals surface area contributed by atoms with E-state index in [0.717, 1.165) is 25.5 Å². The molecule has 1 aliphatic carbocycles. The summed E-state index contributed by atoms with van der Waals surface area (Å²) >= 11 is 0. The van der Waals surface area contributed by atoms with Crippen molar-refractivity contribution in [3.63, 3.8) is 0 Å². The second-order valence-corrected chi connectivity index (χ2v) is 6.49. The van der Waals surface area contributed by atoms with Gasteiger partial charge in [-0.25, -0.2) is 4.99 Å². The van der Waals surface area contributed by atoms with Gasteiger partial charge in [0.15, 0.2) is 5.96 Å². The van der Waals surface area contributed by atoms with Gasteiger partial charge in [-0.15, -0.1) is 6.58 Å². The van der Waals surface area contributed by atoms with E-state index in [-0.39, 0.29) is 5.91 Å². The number of rotatable bonds is 7. The molecule has 0 unspecified atom stereocenters. The minimum absolute atomic E-state index is 0.271. The summed E-state index contributed by atoms with van der Waals surface area (Å²) in [6.45, 7) is 6.69. The fourth-order valence-electron chi connectivity index (χ4n) is 2.75. The molecule has 1 aliphatic heterocycles. The number of hydrogen-bond donors (Lipinski definition) is 2. The molecule has 1 heterocycles. The van der Waals surface area contributed by atoms with Gasteiger partial charge in [-0.1, -0.05) is 30.3 Å². The molecule has 1 saturated heterocycles. The van der Waals surface area contributed by atoms with Crippen LogP contribution >= 0.6 is 0 Å². The van der Waals surface area contributed by atoms with Crippen LogP contribution in [0.15, 0.2) is 41.9 Å². The first kappa shape index (κ1) is 16.6. The van der Waals surface area contributed by atoms with Crippen molar-refractivity contribution in [2.45, 2.75) is 44.8 Å². The highest BCUT2D eigenvalue weighted by Gasteiger charge is 2.22. The van der Waals surface area contributed by atoms with Gasteiger partial charge in [0.25, 0.3) is 0 Å². The molecule has 1 aromatic rings. The summed E-state index contributed by atoms with van der Waals surface area (Å²) in [4.78, 5) is 18.3. The van der Waals surface area contributed by atoms with E-state index in [1.165, 1.54) is 24.0 Å². The standard InChI is InChI=1S/C19H26N4O/c1-2-11-20-19(22-17-9-10-17)21-13-15-5-7-16(8-6-15)14-23-12-3-4-18(23)24/h2,5-8,17H,1,3-4,9-14H2,(H2,20,21,22). The Bertz CT molecular complexity index is 604. The summed E-state index contributed by atoms with van der Waals surface area (Å²) in [5.74, 6) is 1.12. The summed E-state index contributed by atoms with van der Waals surface area (Å²) in [5, 5.41) is 6.66. The van der Waals surface area contributed by atoms with Gasteiger partial charge in [-0.2, -0.15) is 0 Å². The second kappa shape index (κ2) is 7.99. The number of nitrogens with one attached hydrogen (secondary N) is 2. The summed E-state index contributed by atoms with van der Waals surface area (Å²) < 4.78 is 0. The lowest BCUT2D eigenvalue weighted by Crippen LogP contribution is -2.38. The number of amides is 1. The molecule has 3 rings (SSSR count). The van der Waals surface area contributed by atoms with Crippen molar-refractivity contribution in [1.82, 2.24) is 15.5 Å². The van der Waals surface area contributed by atoms with Crippen molar-refractivity contribution in [1.29, 1.82) is 0 Å². The van der Waals surface area contributed by atoms with Crippen molar-refractivity contribution in [2.75, 3.05) is 13.1 Å². The predicted octanol–water partition coefficient (Wildman–Crippen LogP) is 2.19. The lowest BCUT2D eigenvalue weighted by molar-refractivity contribution is -0.128. The van der Waals surface area contributed by atoms with Crippen molar-refractivity contribution >= 4 is 11.9 Å². The average Bonchev–Trinajstić information content (AvgIpc) is 3.33. The largest absolute Gasteiger partial charge is 0.354 e. The van der Waals surface area contributed by atoms with Gasteiger partial charge in [0, 0.05) is 32.1 Å². The molecule has 1 aromatic carbocycles. The molecule has 1 saturated carbocycles. The summed E-state index contributed by atoms with van der Waals surface area (Å²) in [6.07, 6.45) is 5.96. The van der Waals surface area contributed by atoms with Crippen LogP contribution in [0.5, 0.6) is 0 Å². The minimum atomic E-state index is 0.271. The summed E-state index contributed by atoms with van der Waals surface area (Å²) in [7, 11) is 0. The van der Waals surface area contributed by atoms with E-state index in [1.807, 2.05) is 11.0 Å². The van der Waals surface area contributed by atoms with E-state index in [1.54, 1.807) is 0 Å². The Morgan fingerprint density at radius 3 is 2.67 bits per heavy atom. The molecule has 2 aliphatic rings.